The Bertz CT molecular complexity index is 239. The number of halogens is 1. The first kappa shape index (κ1) is 9.25. The third kappa shape index (κ3) is 2.33. The Kier molecular flexibility index (Phi) is 3.04. The molecular weight excluding hydrogens is 228 g/mol. The number of H-pyrrole nitrogens is 1. The summed E-state index contributed by atoms with van der Waals surface area (Å²) in [5.41, 5.74) is 0. The zero-order chi connectivity index (χ0) is 9.10. The molecule has 1 fully saturated rings. The van der Waals surface area contributed by atoms with Crippen molar-refractivity contribution in [2.45, 2.75) is 36.9 Å². The fourth-order valence-corrected chi connectivity index (χ4v) is 2.92. The summed E-state index contributed by atoms with van der Waals surface area (Å²) in [6.45, 7) is 0. The van der Waals surface area contributed by atoms with E-state index in [1.54, 1.807) is 0 Å². The number of hydrogen-bond acceptors (Lipinski definition) is 1. The van der Waals surface area contributed by atoms with E-state index in [1.807, 2.05) is 12.4 Å². The smallest absolute Gasteiger partial charge is 0.107 e. The Morgan fingerprint density at radius 3 is 2.92 bits per heavy atom. The van der Waals surface area contributed by atoms with E-state index in [4.69, 9.17) is 0 Å². The van der Waals surface area contributed by atoms with Gasteiger partial charge in [-0.3, -0.25) is 0 Å². The summed E-state index contributed by atoms with van der Waals surface area (Å²) in [5, 5.41) is 0. The van der Waals surface area contributed by atoms with E-state index in [0.717, 1.165) is 18.2 Å². The lowest BCUT2D eigenvalue weighted by atomic mass is 10.0. The van der Waals surface area contributed by atoms with E-state index < -0.39 is 0 Å². The number of imidazole rings is 1. The van der Waals surface area contributed by atoms with Crippen molar-refractivity contribution in [3.63, 3.8) is 0 Å². The number of nitrogens with one attached hydrogen (secondary N) is 1. The van der Waals surface area contributed by atoms with E-state index in [0.29, 0.717) is 4.83 Å². The largest absolute Gasteiger partial charge is 0.349 e. The SMILES string of the molecule is BrC(Cc1ncc[nH]1)C1CCCC1. The average Bonchev–Trinajstić information content (AvgIpc) is 2.74. The van der Waals surface area contributed by atoms with Gasteiger partial charge in [-0.1, -0.05) is 28.8 Å². The molecule has 13 heavy (non-hydrogen) atoms. The van der Waals surface area contributed by atoms with E-state index in [2.05, 4.69) is 25.9 Å². The molecule has 0 spiro atoms. The average molecular weight is 243 g/mol. The van der Waals surface area contributed by atoms with Crippen molar-refractivity contribution in [1.82, 2.24) is 9.97 Å². The van der Waals surface area contributed by atoms with Gasteiger partial charge >= 0.3 is 0 Å². The third-order valence-electron chi connectivity index (χ3n) is 2.85. The van der Waals surface area contributed by atoms with E-state index in [9.17, 15) is 0 Å². The minimum atomic E-state index is 0.612. The predicted molar refractivity (Wildman–Crippen MR) is 57.0 cm³/mol. The first-order valence-corrected chi connectivity index (χ1v) is 5.90. The Hall–Kier alpha value is -0.310. The fraction of sp³-hybridized carbons (Fsp3) is 0.700. The Morgan fingerprint density at radius 1 is 1.54 bits per heavy atom. The van der Waals surface area contributed by atoms with Crippen molar-refractivity contribution in [2.24, 2.45) is 5.92 Å². The summed E-state index contributed by atoms with van der Waals surface area (Å²) in [6.07, 6.45) is 10.3. The first-order valence-electron chi connectivity index (χ1n) is 4.98. The molecule has 0 radical (unpaired) electrons. The Labute approximate surface area is 87.3 Å². The van der Waals surface area contributed by atoms with Crippen LogP contribution in [0.4, 0.5) is 0 Å². The highest BCUT2D eigenvalue weighted by molar-refractivity contribution is 9.09. The molecule has 1 atom stereocenters. The van der Waals surface area contributed by atoms with Gasteiger partial charge in [-0.2, -0.15) is 0 Å². The summed E-state index contributed by atoms with van der Waals surface area (Å²) in [5.74, 6) is 1.97. The maximum atomic E-state index is 4.24. The monoisotopic (exact) mass is 242 g/mol. The van der Waals surface area contributed by atoms with Crippen LogP contribution in [0.15, 0.2) is 12.4 Å². The van der Waals surface area contributed by atoms with Gasteiger partial charge in [0.05, 0.1) is 0 Å². The second-order valence-corrected chi connectivity index (χ2v) is 4.98. The number of nitrogens with zero attached hydrogens (tertiary/aromatic N) is 1. The van der Waals surface area contributed by atoms with Crippen LogP contribution in [0.1, 0.15) is 31.5 Å². The van der Waals surface area contributed by atoms with Crippen LogP contribution in [0.25, 0.3) is 0 Å². The maximum Gasteiger partial charge on any atom is 0.107 e. The van der Waals surface area contributed by atoms with Crippen molar-refractivity contribution < 1.29 is 0 Å². The zero-order valence-electron chi connectivity index (χ0n) is 7.67. The quantitative estimate of drug-likeness (QED) is 0.812. The molecule has 0 saturated heterocycles. The number of rotatable bonds is 3. The summed E-state index contributed by atoms with van der Waals surface area (Å²) in [4.78, 5) is 8.00. The Balaban J connectivity index is 1.87. The zero-order valence-corrected chi connectivity index (χ0v) is 9.26. The molecule has 1 unspecified atom stereocenters. The molecule has 1 N–H and O–H groups in total. The highest BCUT2D eigenvalue weighted by Crippen LogP contribution is 2.32. The van der Waals surface area contributed by atoms with E-state index in [1.165, 1.54) is 25.7 Å². The van der Waals surface area contributed by atoms with Crippen LogP contribution in [-0.4, -0.2) is 14.8 Å². The minimum Gasteiger partial charge on any atom is -0.349 e. The second kappa shape index (κ2) is 4.27. The predicted octanol–water partition coefficient (Wildman–Crippen LogP) is 2.91. The number of aromatic amines is 1. The second-order valence-electron chi connectivity index (χ2n) is 3.80. The van der Waals surface area contributed by atoms with Crippen LogP contribution >= 0.6 is 15.9 Å². The summed E-state index contributed by atoms with van der Waals surface area (Å²) >= 11 is 3.77. The van der Waals surface area contributed by atoms with Gasteiger partial charge in [0, 0.05) is 23.6 Å². The molecule has 0 aromatic carbocycles. The number of alkyl halides is 1. The highest BCUT2D eigenvalue weighted by atomic mass is 79.9. The van der Waals surface area contributed by atoms with Crippen molar-refractivity contribution in [2.75, 3.05) is 0 Å². The van der Waals surface area contributed by atoms with Crippen LogP contribution in [0.3, 0.4) is 0 Å². The lowest BCUT2D eigenvalue weighted by Gasteiger charge is -2.15. The summed E-state index contributed by atoms with van der Waals surface area (Å²) in [7, 11) is 0. The molecule has 1 heterocycles. The molecule has 3 heteroatoms. The van der Waals surface area contributed by atoms with Crippen molar-refractivity contribution in [1.29, 1.82) is 0 Å². The van der Waals surface area contributed by atoms with Gasteiger partial charge in [-0.25, -0.2) is 4.98 Å². The van der Waals surface area contributed by atoms with E-state index >= 15 is 0 Å². The normalized spacial score (nSPS) is 20.7. The van der Waals surface area contributed by atoms with Crippen LogP contribution in [0.5, 0.6) is 0 Å². The lowest BCUT2D eigenvalue weighted by Crippen LogP contribution is -2.14. The third-order valence-corrected chi connectivity index (χ3v) is 3.93. The summed E-state index contributed by atoms with van der Waals surface area (Å²) in [6, 6.07) is 0. The Morgan fingerprint density at radius 2 is 2.31 bits per heavy atom. The van der Waals surface area contributed by atoms with Crippen LogP contribution < -0.4 is 0 Å². The van der Waals surface area contributed by atoms with Crippen LogP contribution in [0.2, 0.25) is 0 Å². The van der Waals surface area contributed by atoms with Gasteiger partial charge in [0.1, 0.15) is 5.82 Å². The molecule has 1 aromatic rings. The standard InChI is InChI=1S/C10H15BrN2/c11-9(8-3-1-2-4-8)7-10-12-5-6-13-10/h5-6,8-9H,1-4,7H2,(H,12,13). The molecule has 2 nitrogen and oxygen atoms in total. The molecule has 1 aromatic heterocycles. The van der Waals surface area contributed by atoms with Crippen molar-refractivity contribution in [3.05, 3.63) is 18.2 Å². The topological polar surface area (TPSA) is 28.7 Å². The molecular formula is C10H15BrN2. The van der Waals surface area contributed by atoms with Gasteiger partial charge in [-0.15, -0.1) is 0 Å². The number of aromatic nitrogens is 2. The molecule has 1 aliphatic carbocycles. The van der Waals surface area contributed by atoms with Gasteiger partial charge in [0.25, 0.3) is 0 Å². The lowest BCUT2D eigenvalue weighted by molar-refractivity contribution is 0.519. The molecule has 1 aliphatic rings. The van der Waals surface area contributed by atoms with Gasteiger partial charge in [0.15, 0.2) is 0 Å². The first-order chi connectivity index (χ1) is 6.36. The molecule has 0 amide bonds. The molecule has 72 valence electrons. The molecule has 0 bridgehead atoms. The summed E-state index contributed by atoms with van der Waals surface area (Å²) < 4.78 is 0. The van der Waals surface area contributed by atoms with E-state index in [-0.39, 0.29) is 0 Å². The van der Waals surface area contributed by atoms with Gasteiger partial charge in [0.2, 0.25) is 0 Å². The fourth-order valence-electron chi connectivity index (χ4n) is 2.08. The maximum absolute atomic E-state index is 4.24. The molecule has 0 aliphatic heterocycles. The minimum absolute atomic E-state index is 0.612. The van der Waals surface area contributed by atoms with Gasteiger partial charge in [-0.05, 0) is 18.8 Å². The van der Waals surface area contributed by atoms with Gasteiger partial charge < -0.3 is 4.98 Å². The molecule has 2 rings (SSSR count). The van der Waals surface area contributed by atoms with Crippen LogP contribution in [-0.2, 0) is 6.42 Å². The molecule has 1 saturated carbocycles. The highest BCUT2D eigenvalue weighted by Gasteiger charge is 2.23. The number of hydrogen-bond donors (Lipinski definition) is 1. The van der Waals surface area contributed by atoms with Crippen molar-refractivity contribution >= 4 is 15.9 Å². The van der Waals surface area contributed by atoms with Crippen molar-refractivity contribution in [3.8, 4) is 0 Å². The van der Waals surface area contributed by atoms with Crippen LogP contribution in [0, 0.1) is 5.92 Å².